The van der Waals surface area contributed by atoms with Gasteiger partial charge in [-0.2, -0.15) is 0 Å². The number of nitrogens with one attached hydrogen (secondary N) is 2. The van der Waals surface area contributed by atoms with E-state index in [9.17, 15) is 4.79 Å². The summed E-state index contributed by atoms with van der Waals surface area (Å²) in [5, 5.41) is 5.42. The molecule has 2 N–H and O–H groups in total. The van der Waals surface area contributed by atoms with Gasteiger partial charge in [0.1, 0.15) is 12.3 Å². The van der Waals surface area contributed by atoms with Gasteiger partial charge in [-0.05, 0) is 40.6 Å². The highest BCUT2D eigenvalue weighted by Crippen LogP contribution is 2.27. The van der Waals surface area contributed by atoms with E-state index in [1.54, 1.807) is 7.11 Å². The molecular weight excluding hydrogens is 384 g/mol. The summed E-state index contributed by atoms with van der Waals surface area (Å²) in [6, 6.07) is 30.5. The topological polar surface area (TPSA) is 42.8 Å². The van der Waals surface area contributed by atoms with Crippen molar-refractivity contribution in [3.8, 4) is 16.9 Å². The van der Waals surface area contributed by atoms with Crippen LogP contribution < -0.4 is 15.0 Å². The van der Waals surface area contributed by atoms with Gasteiger partial charge >= 0.3 is 0 Å². The van der Waals surface area contributed by atoms with Crippen LogP contribution in [0, 0.1) is 0 Å². The zero-order chi connectivity index (χ0) is 21.6. The van der Waals surface area contributed by atoms with Crippen molar-refractivity contribution in [2.45, 2.75) is 6.54 Å². The van der Waals surface area contributed by atoms with Crippen LogP contribution in [-0.2, 0) is 11.3 Å². The number of quaternary nitrogens is 1. The molecule has 0 aliphatic heterocycles. The van der Waals surface area contributed by atoms with E-state index < -0.39 is 0 Å². The first kappa shape index (κ1) is 20.6. The van der Waals surface area contributed by atoms with E-state index >= 15 is 0 Å². The van der Waals surface area contributed by atoms with Gasteiger partial charge in [0.2, 0.25) is 0 Å². The maximum absolute atomic E-state index is 12.7. The number of anilines is 1. The summed E-state index contributed by atoms with van der Waals surface area (Å²) in [6.45, 7) is 1.17. The quantitative estimate of drug-likeness (QED) is 0.479. The summed E-state index contributed by atoms with van der Waals surface area (Å²) in [5.74, 6) is 0.863. The average Bonchev–Trinajstić information content (AvgIpc) is 2.79. The SMILES string of the molecule is COc1ccc2cc(C[NH+](C)CC(=O)Nc3ccccc3-c3ccccc3)ccc2c1. The van der Waals surface area contributed by atoms with Crippen LogP contribution in [0.3, 0.4) is 0 Å². The van der Waals surface area contributed by atoms with Crippen molar-refractivity contribution in [2.24, 2.45) is 0 Å². The van der Waals surface area contributed by atoms with E-state index in [0.29, 0.717) is 6.54 Å². The lowest BCUT2D eigenvalue weighted by molar-refractivity contribution is -0.885. The second-order valence-corrected chi connectivity index (χ2v) is 7.82. The third-order valence-corrected chi connectivity index (χ3v) is 5.37. The number of carbonyl (C=O) groups is 1. The number of likely N-dealkylation sites (N-methyl/N-ethyl adjacent to an activating group) is 1. The first-order valence-electron chi connectivity index (χ1n) is 10.4. The Kier molecular flexibility index (Phi) is 6.29. The summed E-state index contributed by atoms with van der Waals surface area (Å²) in [5.41, 5.74) is 4.16. The molecule has 0 fully saturated rings. The lowest BCUT2D eigenvalue weighted by Crippen LogP contribution is -3.08. The highest BCUT2D eigenvalue weighted by Gasteiger charge is 2.13. The molecule has 0 radical (unpaired) electrons. The van der Waals surface area contributed by atoms with Gasteiger partial charge in [-0.15, -0.1) is 0 Å². The van der Waals surface area contributed by atoms with Gasteiger partial charge in [-0.3, -0.25) is 4.79 Å². The predicted molar refractivity (Wildman–Crippen MR) is 126 cm³/mol. The molecule has 0 aromatic heterocycles. The molecule has 31 heavy (non-hydrogen) atoms. The molecule has 4 rings (SSSR count). The highest BCUT2D eigenvalue weighted by atomic mass is 16.5. The monoisotopic (exact) mass is 411 g/mol. The van der Waals surface area contributed by atoms with Gasteiger partial charge in [0.25, 0.3) is 5.91 Å². The molecule has 0 saturated heterocycles. The zero-order valence-corrected chi connectivity index (χ0v) is 17.9. The molecule has 0 aliphatic rings. The molecule has 0 aliphatic carbocycles. The third kappa shape index (κ3) is 5.11. The van der Waals surface area contributed by atoms with Crippen molar-refractivity contribution in [1.82, 2.24) is 0 Å². The van der Waals surface area contributed by atoms with Gasteiger partial charge < -0.3 is 15.0 Å². The number of hydrogen-bond acceptors (Lipinski definition) is 2. The summed E-state index contributed by atoms with van der Waals surface area (Å²) < 4.78 is 5.30. The number of ether oxygens (including phenoxy) is 1. The third-order valence-electron chi connectivity index (χ3n) is 5.37. The Morgan fingerprint density at radius 3 is 2.39 bits per heavy atom. The minimum atomic E-state index is 0.00593. The molecule has 0 heterocycles. The van der Waals surface area contributed by atoms with Crippen LogP contribution in [0.15, 0.2) is 91.0 Å². The van der Waals surface area contributed by atoms with Crippen molar-refractivity contribution in [1.29, 1.82) is 0 Å². The van der Waals surface area contributed by atoms with Crippen LogP contribution in [0.4, 0.5) is 5.69 Å². The van der Waals surface area contributed by atoms with Crippen LogP contribution in [0.1, 0.15) is 5.56 Å². The standard InChI is InChI=1S/C27H26N2O2/c1-29(18-20-12-13-23-17-24(31-2)15-14-22(23)16-20)19-27(30)28-26-11-7-6-10-25(26)21-8-4-3-5-9-21/h3-17H,18-19H2,1-2H3,(H,28,30)/p+1. The molecule has 0 spiro atoms. The Labute approximate surface area is 183 Å². The summed E-state index contributed by atoms with van der Waals surface area (Å²) in [4.78, 5) is 13.9. The minimum Gasteiger partial charge on any atom is -0.497 e. The molecule has 4 aromatic carbocycles. The predicted octanol–water partition coefficient (Wildman–Crippen LogP) is 4.17. The van der Waals surface area contributed by atoms with Gasteiger partial charge in [-0.25, -0.2) is 0 Å². The van der Waals surface area contributed by atoms with E-state index in [1.807, 2.05) is 61.6 Å². The maximum Gasteiger partial charge on any atom is 0.279 e. The molecule has 4 aromatic rings. The number of hydrogen-bond donors (Lipinski definition) is 2. The van der Waals surface area contributed by atoms with Crippen molar-refractivity contribution in [3.63, 3.8) is 0 Å². The van der Waals surface area contributed by atoms with Crippen LogP contribution in [0.2, 0.25) is 0 Å². The summed E-state index contributed by atoms with van der Waals surface area (Å²) >= 11 is 0. The second kappa shape index (κ2) is 9.45. The Balaban J connectivity index is 1.41. The van der Waals surface area contributed by atoms with Crippen LogP contribution >= 0.6 is 0 Å². The molecular formula is C27H27N2O2+. The van der Waals surface area contributed by atoms with Crippen LogP contribution in [-0.4, -0.2) is 26.6 Å². The molecule has 0 bridgehead atoms. The fraction of sp³-hybridized carbons (Fsp3) is 0.148. The molecule has 4 nitrogen and oxygen atoms in total. The normalized spacial score (nSPS) is 11.8. The second-order valence-electron chi connectivity index (χ2n) is 7.82. The Hall–Kier alpha value is -3.63. The van der Waals surface area contributed by atoms with Crippen LogP contribution in [0.5, 0.6) is 5.75 Å². The number of benzene rings is 4. The molecule has 1 unspecified atom stereocenters. The van der Waals surface area contributed by atoms with Gasteiger partial charge in [0.15, 0.2) is 6.54 Å². The lowest BCUT2D eigenvalue weighted by Gasteiger charge is -2.16. The lowest BCUT2D eigenvalue weighted by atomic mass is 10.0. The molecule has 4 heteroatoms. The maximum atomic E-state index is 12.7. The molecule has 0 saturated carbocycles. The Morgan fingerprint density at radius 1 is 0.871 bits per heavy atom. The van der Waals surface area contributed by atoms with Crippen LogP contribution in [0.25, 0.3) is 21.9 Å². The summed E-state index contributed by atoms with van der Waals surface area (Å²) in [6.07, 6.45) is 0. The number of para-hydroxylation sites is 1. The number of rotatable bonds is 7. The van der Waals surface area contributed by atoms with Gasteiger partial charge in [0, 0.05) is 16.8 Å². The molecule has 156 valence electrons. The average molecular weight is 412 g/mol. The number of amides is 1. The van der Waals surface area contributed by atoms with E-state index in [4.69, 9.17) is 4.74 Å². The largest absolute Gasteiger partial charge is 0.497 e. The number of fused-ring (bicyclic) bond motifs is 1. The Morgan fingerprint density at radius 2 is 1.58 bits per heavy atom. The van der Waals surface area contributed by atoms with Gasteiger partial charge in [-0.1, -0.05) is 66.7 Å². The molecule has 1 atom stereocenters. The fourth-order valence-electron chi connectivity index (χ4n) is 3.85. The first-order valence-corrected chi connectivity index (χ1v) is 10.4. The van der Waals surface area contributed by atoms with Crippen molar-refractivity contribution >= 4 is 22.4 Å². The highest BCUT2D eigenvalue weighted by molar-refractivity contribution is 5.96. The summed E-state index contributed by atoms with van der Waals surface area (Å²) in [7, 11) is 3.72. The number of carbonyl (C=O) groups excluding carboxylic acids is 1. The van der Waals surface area contributed by atoms with E-state index in [1.165, 1.54) is 10.9 Å². The first-order chi connectivity index (χ1) is 15.1. The Bertz CT molecular complexity index is 1190. The minimum absolute atomic E-state index is 0.00593. The number of methoxy groups -OCH3 is 1. The molecule has 1 amide bonds. The van der Waals surface area contributed by atoms with Crippen molar-refractivity contribution in [3.05, 3.63) is 96.6 Å². The van der Waals surface area contributed by atoms with Crippen molar-refractivity contribution in [2.75, 3.05) is 26.0 Å². The zero-order valence-electron chi connectivity index (χ0n) is 17.9. The van der Waals surface area contributed by atoms with E-state index in [-0.39, 0.29) is 5.91 Å². The van der Waals surface area contributed by atoms with Gasteiger partial charge in [0.05, 0.1) is 14.2 Å². The van der Waals surface area contributed by atoms with E-state index in [2.05, 4.69) is 41.7 Å². The fourth-order valence-corrected chi connectivity index (χ4v) is 3.85. The smallest absolute Gasteiger partial charge is 0.279 e. The van der Waals surface area contributed by atoms with Crippen molar-refractivity contribution < 1.29 is 14.4 Å². The van der Waals surface area contributed by atoms with E-state index in [0.717, 1.165) is 39.4 Å².